The second-order valence-corrected chi connectivity index (χ2v) is 2.73. The highest BCUT2D eigenvalue weighted by molar-refractivity contribution is 6.42. The molecule has 5 nitrogen and oxygen atoms in total. The van der Waals surface area contributed by atoms with Crippen molar-refractivity contribution in [3.63, 3.8) is 0 Å². The molecule has 1 amide bonds. The van der Waals surface area contributed by atoms with Crippen LogP contribution in [-0.2, 0) is 4.79 Å². The summed E-state index contributed by atoms with van der Waals surface area (Å²) in [6.07, 6.45) is 0. The third-order valence-electron chi connectivity index (χ3n) is 1.74. The van der Waals surface area contributed by atoms with Crippen molar-refractivity contribution in [1.82, 2.24) is 5.32 Å². The monoisotopic (exact) mass is 213 g/mol. The van der Waals surface area contributed by atoms with Crippen LogP contribution in [0.4, 0.5) is 4.39 Å². The summed E-state index contributed by atoms with van der Waals surface area (Å²) in [5.74, 6) is -4.83. The number of phenolic OH excluding ortho intramolecular Hbond substituents is 2. The maximum absolute atomic E-state index is 12.9. The van der Waals surface area contributed by atoms with Gasteiger partial charge in [0.05, 0.1) is 0 Å². The Bertz CT molecular complexity index is 407. The summed E-state index contributed by atoms with van der Waals surface area (Å²) in [4.78, 5) is 22.1. The number of hydrogen-bond acceptors (Lipinski definition) is 4. The number of carbonyl (C=O) groups excluding carboxylic acids is 2. The van der Waals surface area contributed by atoms with Gasteiger partial charge in [-0.3, -0.25) is 9.59 Å². The molecule has 0 saturated carbocycles. The van der Waals surface area contributed by atoms with E-state index in [9.17, 15) is 14.0 Å². The molecule has 0 saturated heterocycles. The molecular formula is C9H8FNO4. The van der Waals surface area contributed by atoms with Crippen LogP contribution in [0.15, 0.2) is 12.1 Å². The van der Waals surface area contributed by atoms with E-state index in [2.05, 4.69) is 5.32 Å². The van der Waals surface area contributed by atoms with Gasteiger partial charge >= 0.3 is 0 Å². The topological polar surface area (TPSA) is 86.6 Å². The number of halogens is 1. The Hall–Kier alpha value is -2.11. The van der Waals surface area contributed by atoms with E-state index in [-0.39, 0.29) is 5.56 Å². The Balaban J connectivity index is 3.17. The van der Waals surface area contributed by atoms with Gasteiger partial charge in [-0.25, -0.2) is 4.39 Å². The molecule has 0 heterocycles. The molecule has 0 aliphatic rings. The standard InChI is InChI=1S/C9H8FNO4/c1-11-9(15)7(13)4-2-5(10)8(14)6(12)3-4/h2-3,12,14H,1H3,(H,11,15). The quantitative estimate of drug-likeness (QED) is 0.371. The van der Waals surface area contributed by atoms with E-state index in [1.165, 1.54) is 7.05 Å². The van der Waals surface area contributed by atoms with Crippen molar-refractivity contribution < 1.29 is 24.2 Å². The van der Waals surface area contributed by atoms with Crippen molar-refractivity contribution in [1.29, 1.82) is 0 Å². The molecule has 0 aliphatic carbocycles. The van der Waals surface area contributed by atoms with Crippen LogP contribution in [0.25, 0.3) is 0 Å². The molecule has 1 rings (SSSR count). The molecule has 3 N–H and O–H groups in total. The maximum Gasteiger partial charge on any atom is 0.292 e. The lowest BCUT2D eigenvalue weighted by Crippen LogP contribution is -2.27. The van der Waals surface area contributed by atoms with Crippen molar-refractivity contribution in [3.05, 3.63) is 23.5 Å². The van der Waals surface area contributed by atoms with Crippen LogP contribution in [0.3, 0.4) is 0 Å². The van der Waals surface area contributed by atoms with Crippen molar-refractivity contribution in [3.8, 4) is 11.5 Å². The summed E-state index contributed by atoms with van der Waals surface area (Å²) in [7, 11) is 1.25. The third-order valence-corrected chi connectivity index (χ3v) is 1.74. The van der Waals surface area contributed by atoms with Gasteiger partial charge in [0, 0.05) is 12.6 Å². The molecule has 0 atom stereocenters. The number of amides is 1. The number of nitrogens with one attached hydrogen (secondary N) is 1. The first-order chi connectivity index (χ1) is 6.97. The van der Waals surface area contributed by atoms with Crippen molar-refractivity contribution in [2.24, 2.45) is 0 Å². The molecular weight excluding hydrogens is 205 g/mol. The average molecular weight is 213 g/mol. The van der Waals surface area contributed by atoms with E-state index in [1.54, 1.807) is 0 Å². The normalized spacial score (nSPS) is 9.73. The van der Waals surface area contributed by atoms with Gasteiger partial charge in [-0.15, -0.1) is 0 Å². The van der Waals surface area contributed by atoms with Gasteiger partial charge in [0.2, 0.25) is 5.78 Å². The minimum Gasteiger partial charge on any atom is -0.504 e. The highest BCUT2D eigenvalue weighted by atomic mass is 19.1. The number of rotatable bonds is 2. The molecule has 1 aromatic rings. The summed E-state index contributed by atoms with van der Waals surface area (Å²) < 4.78 is 12.9. The van der Waals surface area contributed by atoms with E-state index < -0.39 is 29.0 Å². The van der Waals surface area contributed by atoms with Crippen molar-refractivity contribution in [2.75, 3.05) is 7.05 Å². The second-order valence-electron chi connectivity index (χ2n) is 2.73. The molecule has 0 aliphatic heterocycles. The smallest absolute Gasteiger partial charge is 0.292 e. The van der Waals surface area contributed by atoms with E-state index in [0.29, 0.717) is 6.07 Å². The number of aromatic hydroxyl groups is 2. The molecule has 0 unspecified atom stereocenters. The molecule has 6 heteroatoms. The lowest BCUT2D eigenvalue weighted by atomic mass is 10.1. The molecule has 0 radical (unpaired) electrons. The highest BCUT2D eigenvalue weighted by Gasteiger charge is 2.18. The average Bonchev–Trinajstić information content (AvgIpc) is 2.23. The maximum atomic E-state index is 12.9. The fraction of sp³-hybridized carbons (Fsp3) is 0.111. The molecule has 80 valence electrons. The zero-order chi connectivity index (χ0) is 11.6. The summed E-state index contributed by atoms with van der Waals surface area (Å²) in [5, 5.41) is 19.9. The van der Waals surface area contributed by atoms with E-state index >= 15 is 0 Å². The number of phenols is 2. The van der Waals surface area contributed by atoms with Gasteiger partial charge in [0.1, 0.15) is 0 Å². The second kappa shape index (κ2) is 3.95. The Morgan fingerprint density at radius 2 is 1.93 bits per heavy atom. The zero-order valence-corrected chi connectivity index (χ0v) is 7.74. The van der Waals surface area contributed by atoms with Crippen LogP contribution in [0.1, 0.15) is 10.4 Å². The Morgan fingerprint density at radius 1 is 1.33 bits per heavy atom. The fourth-order valence-electron chi connectivity index (χ4n) is 0.960. The van der Waals surface area contributed by atoms with Crippen molar-refractivity contribution >= 4 is 11.7 Å². The molecule has 0 spiro atoms. The number of ketones is 1. The van der Waals surface area contributed by atoms with Gasteiger partial charge in [-0.1, -0.05) is 0 Å². The summed E-state index contributed by atoms with van der Waals surface area (Å²) >= 11 is 0. The minimum atomic E-state index is -1.16. The van der Waals surface area contributed by atoms with Crippen LogP contribution in [0, 0.1) is 5.82 Å². The van der Waals surface area contributed by atoms with E-state index in [0.717, 1.165) is 6.07 Å². The summed E-state index contributed by atoms with van der Waals surface area (Å²) in [6, 6.07) is 1.49. The van der Waals surface area contributed by atoms with Gasteiger partial charge in [-0.2, -0.15) is 0 Å². The molecule has 0 fully saturated rings. The number of Topliss-reactive ketones (excluding diaryl/α,β-unsaturated/α-hetero) is 1. The van der Waals surface area contributed by atoms with E-state index in [1.807, 2.05) is 0 Å². The molecule has 0 bridgehead atoms. The van der Waals surface area contributed by atoms with Gasteiger partial charge < -0.3 is 15.5 Å². The SMILES string of the molecule is CNC(=O)C(=O)c1cc(O)c(O)c(F)c1. The predicted molar refractivity (Wildman–Crippen MR) is 48.1 cm³/mol. The van der Waals surface area contributed by atoms with Crippen LogP contribution in [0.2, 0.25) is 0 Å². The molecule has 1 aromatic carbocycles. The number of benzene rings is 1. The van der Waals surface area contributed by atoms with Gasteiger partial charge in [0.25, 0.3) is 5.91 Å². The highest BCUT2D eigenvalue weighted by Crippen LogP contribution is 2.28. The zero-order valence-electron chi connectivity index (χ0n) is 7.74. The molecule has 15 heavy (non-hydrogen) atoms. The van der Waals surface area contributed by atoms with Crippen molar-refractivity contribution in [2.45, 2.75) is 0 Å². The summed E-state index contributed by atoms with van der Waals surface area (Å²) in [6.45, 7) is 0. The lowest BCUT2D eigenvalue weighted by Gasteiger charge is -2.03. The van der Waals surface area contributed by atoms with Gasteiger partial charge in [0.15, 0.2) is 17.3 Å². The Labute approximate surface area is 84.2 Å². The summed E-state index contributed by atoms with van der Waals surface area (Å²) in [5.41, 5.74) is -0.331. The largest absolute Gasteiger partial charge is 0.504 e. The lowest BCUT2D eigenvalue weighted by molar-refractivity contribution is -0.116. The fourth-order valence-corrected chi connectivity index (χ4v) is 0.960. The Morgan fingerprint density at radius 3 is 2.40 bits per heavy atom. The Kier molecular flexibility index (Phi) is 2.89. The molecule has 0 aromatic heterocycles. The number of hydrogen-bond donors (Lipinski definition) is 3. The number of carbonyl (C=O) groups is 2. The number of likely N-dealkylation sites (N-methyl/N-ethyl adjacent to an activating group) is 1. The van der Waals surface area contributed by atoms with Crippen LogP contribution in [-0.4, -0.2) is 29.0 Å². The van der Waals surface area contributed by atoms with Crippen LogP contribution >= 0.6 is 0 Å². The van der Waals surface area contributed by atoms with Crippen LogP contribution in [0.5, 0.6) is 11.5 Å². The van der Waals surface area contributed by atoms with Crippen LogP contribution < -0.4 is 5.32 Å². The first-order valence-electron chi connectivity index (χ1n) is 3.95. The predicted octanol–water partition coefficient (Wildman–Crippen LogP) is 0.166. The third kappa shape index (κ3) is 2.04. The van der Waals surface area contributed by atoms with E-state index in [4.69, 9.17) is 10.2 Å². The van der Waals surface area contributed by atoms with Gasteiger partial charge in [-0.05, 0) is 12.1 Å². The first-order valence-corrected chi connectivity index (χ1v) is 3.95. The first kappa shape index (κ1) is 11.0. The minimum absolute atomic E-state index is 0.331.